The topological polar surface area (TPSA) is 102 Å². The fourth-order valence-corrected chi connectivity index (χ4v) is 2.03. The lowest BCUT2D eigenvalue weighted by atomic mass is 10.3. The first-order valence-corrected chi connectivity index (χ1v) is 7.57. The predicted octanol–water partition coefficient (Wildman–Crippen LogP) is -0.345. The van der Waals surface area contributed by atoms with Crippen molar-refractivity contribution in [1.29, 1.82) is 0 Å². The van der Waals surface area contributed by atoms with Crippen molar-refractivity contribution in [2.45, 2.75) is 0 Å². The molecule has 1 amide bonds. The minimum absolute atomic E-state index is 0.0413. The van der Waals surface area contributed by atoms with Crippen LogP contribution in [0.4, 0.5) is 5.69 Å². The molecule has 7 nitrogen and oxygen atoms in total. The van der Waals surface area contributed by atoms with E-state index in [1.54, 1.807) is 24.3 Å². The lowest BCUT2D eigenvalue weighted by Crippen LogP contribution is -2.36. The molecule has 8 heteroatoms. The van der Waals surface area contributed by atoms with Gasteiger partial charge in [0.05, 0.1) is 5.75 Å². The van der Waals surface area contributed by atoms with Gasteiger partial charge in [-0.15, -0.1) is 0 Å². The number of nitrogens with zero attached hydrogens (tertiary/aromatic N) is 1. The molecule has 0 aliphatic carbocycles. The molecule has 0 spiro atoms. The third kappa shape index (κ3) is 5.45. The first-order valence-electron chi connectivity index (χ1n) is 5.96. The van der Waals surface area contributed by atoms with Crippen LogP contribution < -0.4 is 15.8 Å². The fraction of sp³-hybridized carbons (Fsp3) is 0.417. The number of nitrogen functional groups attached to an aromatic ring is 1. The lowest BCUT2D eigenvalue weighted by molar-refractivity contribution is -0.122. The molecule has 20 heavy (non-hydrogen) atoms. The highest BCUT2D eigenvalue weighted by atomic mass is 32.2. The van der Waals surface area contributed by atoms with E-state index in [1.807, 2.05) is 0 Å². The number of ether oxygens (including phenoxy) is 1. The van der Waals surface area contributed by atoms with E-state index in [0.29, 0.717) is 11.4 Å². The minimum Gasteiger partial charge on any atom is -0.484 e. The average Bonchev–Trinajstić information content (AvgIpc) is 2.36. The summed E-state index contributed by atoms with van der Waals surface area (Å²) in [5.74, 6) is -0.0493. The van der Waals surface area contributed by atoms with Crippen molar-refractivity contribution in [1.82, 2.24) is 9.62 Å². The van der Waals surface area contributed by atoms with E-state index in [2.05, 4.69) is 5.32 Å². The Labute approximate surface area is 118 Å². The molecule has 0 aromatic heterocycles. The van der Waals surface area contributed by atoms with Gasteiger partial charge in [0.15, 0.2) is 6.61 Å². The second kappa shape index (κ2) is 7.11. The first kappa shape index (κ1) is 16.3. The third-order valence-electron chi connectivity index (χ3n) is 2.47. The summed E-state index contributed by atoms with van der Waals surface area (Å²) in [4.78, 5) is 11.5. The summed E-state index contributed by atoms with van der Waals surface area (Å²) >= 11 is 0. The number of nitrogens with one attached hydrogen (secondary N) is 1. The number of amides is 1. The molecule has 0 aliphatic heterocycles. The van der Waals surface area contributed by atoms with Crippen LogP contribution in [-0.2, 0) is 14.8 Å². The molecular weight excluding hydrogens is 282 g/mol. The number of anilines is 1. The van der Waals surface area contributed by atoms with E-state index in [4.69, 9.17) is 10.5 Å². The Morgan fingerprint density at radius 3 is 2.70 bits per heavy atom. The maximum absolute atomic E-state index is 11.5. The van der Waals surface area contributed by atoms with Gasteiger partial charge >= 0.3 is 0 Å². The van der Waals surface area contributed by atoms with Crippen LogP contribution in [0.3, 0.4) is 0 Å². The predicted molar refractivity (Wildman–Crippen MR) is 76.8 cm³/mol. The van der Waals surface area contributed by atoms with Gasteiger partial charge in [0.25, 0.3) is 5.91 Å². The number of sulfonamides is 1. The van der Waals surface area contributed by atoms with Crippen LogP contribution in [0.25, 0.3) is 0 Å². The van der Waals surface area contributed by atoms with Crippen molar-refractivity contribution in [2.24, 2.45) is 0 Å². The molecule has 3 N–H and O–H groups in total. The van der Waals surface area contributed by atoms with Gasteiger partial charge in [0.1, 0.15) is 5.75 Å². The summed E-state index contributed by atoms with van der Waals surface area (Å²) in [5, 5.41) is 2.48. The van der Waals surface area contributed by atoms with Gasteiger partial charge in [-0.3, -0.25) is 4.79 Å². The molecule has 0 heterocycles. The quantitative estimate of drug-likeness (QED) is 0.671. The number of rotatable bonds is 7. The average molecular weight is 301 g/mol. The highest BCUT2D eigenvalue weighted by Crippen LogP contribution is 2.13. The van der Waals surface area contributed by atoms with E-state index in [-0.39, 0.29) is 24.8 Å². The van der Waals surface area contributed by atoms with Gasteiger partial charge in [-0.05, 0) is 12.1 Å². The fourth-order valence-electron chi connectivity index (χ4n) is 1.31. The van der Waals surface area contributed by atoms with Crippen molar-refractivity contribution in [3.05, 3.63) is 24.3 Å². The zero-order valence-electron chi connectivity index (χ0n) is 11.5. The lowest BCUT2D eigenvalue weighted by Gasteiger charge is -2.12. The molecule has 0 radical (unpaired) electrons. The second-order valence-corrected chi connectivity index (χ2v) is 6.61. The first-order chi connectivity index (χ1) is 9.31. The van der Waals surface area contributed by atoms with E-state index < -0.39 is 10.0 Å². The van der Waals surface area contributed by atoms with Crippen LogP contribution >= 0.6 is 0 Å². The van der Waals surface area contributed by atoms with Crippen molar-refractivity contribution in [3.8, 4) is 5.75 Å². The largest absolute Gasteiger partial charge is 0.484 e. The Balaban J connectivity index is 2.31. The van der Waals surface area contributed by atoms with Crippen LogP contribution in [0, 0.1) is 0 Å². The monoisotopic (exact) mass is 301 g/mol. The SMILES string of the molecule is CN(C)S(=O)(=O)CCNC(=O)COc1cccc(N)c1. The molecule has 0 bridgehead atoms. The molecule has 0 atom stereocenters. The zero-order chi connectivity index (χ0) is 15.2. The van der Waals surface area contributed by atoms with Crippen LogP contribution in [-0.4, -0.2) is 51.6 Å². The molecule has 1 aromatic carbocycles. The van der Waals surface area contributed by atoms with Crippen molar-refractivity contribution in [2.75, 3.05) is 38.7 Å². The Kier molecular flexibility index (Phi) is 5.78. The van der Waals surface area contributed by atoms with Gasteiger partial charge in [0, 0.05) is 32.4 Å². The number of carbonyl (C=O) groups excluding carboxylic acids is 1. The number of benzene rings is 1. The molecule has 0 saturated heterocycles. The van der Waals surface area contributed by atoms with Gasteiger partial charge in [-0.25, -0.2) is 12.7 Å². The van der Waals surface area contributed by atoms with Crippen molar-refractivity contribution < 1.29 is 17.9 Å². The van der Waals surface area contributed by atoms with Gasteiger partial charge in [-0.2, -0.15) is 0 Å². The summed E-state index contributed by atoms with van der Waals surface area (Å²) in [7, 11) is -0.416. The third-order valence-corrected chi connectivity index (χ3v) is 4.30. The number of carbonyl (C=O) groups is 1. The summed E-state index contributed by atoms with van der Waals surface area (Å²) in [5.41, 5.74) is 6.11. The molecule has 0 saturated carbocycles. The van der Waals surface area contributed by atoms with Crippen molar-refractivity contribution in [3.63, 3.8) is 0 Å². The minimum atomic E-state index is -3.31. The van der Waals surface area contributed by atoms with Crippen LogP contribution in [0.1, 0.15) is 0 Å². The molecule has 112 valence electrons. The van der Waals surface area contributed by atoms with Crippen LogP contribution in [0.5, 0.6) is 5.75 Å². The second-order valence-electron chi connectivity index (χ2n) is 4.31. The van der Waals surface area contributed by atoms with Gasteiger partial charge in [-0.1, -0.05) is 6.07 Å². The van der Waals surface area contributed by atoms with E-state index in [1.165, 1.54) is 14.1 Å². The zero-order valence-corrected chi connectivity index (χ0v) is 12.3. The summed E-state index contributed by atoms with van der Waals surface area (Å²) < 4.78 is 29.3. The highest BCUT2D eigenvalue weighted by Gasteiger charge is 2.13. The molecule has 1 aromatic rings. The summed E-state index contributed by atoms with van der Waals surface area (Å²) in [6, 6.07) is 6.70. The van der Waals surface area contributed by atoms with Gasteiger partial charge in [0.2, 0.25) is 10.0 Å². The maximum Gasteiger partial charge on any atom is 0.257 e. The Morgan fingerprint density at radius 2 is 2.10 bits per heavy atom. The molecule has 0 aliphatic rings. The summed E-state index contributed by atoms with van der Waals surface area (Å²) in [6.45, 7) is -0.148. The summed E-state index contributed by atoms with van der Waals surface area (Å²) in [6.07, 6.45) is 0. The normalized spacial score (nSPS) is 11.3. The Hall–Kier alpha value is -1.80. The van der Waals surface area contributed by atoms with Crippen LogP contribution in [0.15, 0.2) is 24.3 Å². The highest BCUT2D eigenvalue weighted by molar-refractivity contribution is 7.89. The van der Waals surface area contributed by atoms with Crippen LogP contribution in [0.2, 0.25) is 0 Å². The molecule has 0 fully saturated rings. The maximum atomic E-state index is 11.5. The Bertz CT molecular complexity index is 558. The van der Waals surface area contributed by atoms with E-state index in [9.17, 15) is 13.2 Å². The number of hydrogen-bond donors (Lipinski definition) is 2. The molecule has 1 rings (SSSR count). The number of hydrogen-bond acceptors (Lipinski definition) is 5. The smallest absolute Gasteiger partial charge is 0.257 e. The van der Waals surface area contributed by atoms with E-state index >= 15 is 0 Å². The number of nitrogens with two attached hydrogens (primary N) is 1. The molecular formula is C12H19N3O4S. The van der Waals surface area contributed by atoms with E-state index in [0.717, 1.165) is 4.31 Å². The standard InChI is InChI=1S/C12H19N3O4S/c1-15(2)20(17,18)7-6-14-12(16)9-19-11-5-3-4-10(13)8-11/h3-5,8H,6-7,9,13H2,1-2H3,(H,14,16). The molecule has 0 unspecified atom stereocenters. The Morgan fingerprint density at radius 1 is 1.40 bits per heavy atom. The van der Waals surface area contributed by atoms with Gasteiger partial charge < -0.3 is 15.8 Å². The van der Waals surface area contributed by atoms with Crippen molar-refractivity contribution >= 4 is 21.6 Å².